The van der Waals surface area contributed by atoms with Crippen LogP contribution in [0.5, 0.6) is 5.75 Å². The highest BCUT2D eigenvalue weighted by molar-refractivity contribution is 14.1. The summed E-state index contributed by atoms with van der Waals surface area (Å²) in [6, 6.07) is 9.52. The van der Waals surface area contributed by atoms with Crippen molar-refractivity contribution in [1.29, 1.82) is 0 Å². The fourth-order valence-corrected chi connectivity index (χ4v) is 5.25. The van der Waals surface area contributed by atoms with E-state index in [-0.39, 0.29) is 5.56 Å². The summed E-state index contributed by atoms with van der Waals surface area (Å²) in [6.07, 6.45) is 3.26. The number of rotatable bonds is 6. The second-order valence-electron chi connectivity index (χ2n) is 6.05. The third kappa shape index (κ3) is 4.76. The average Bonchev–Trinajstić information content (AvgIpc) is 2.65. The molecule has 1 aromatic heterocycles. The van der Waals surface area contributed by atoms with E-state index in [1.54, 1.807) is 12.3 Å². The van der Waals surface area contributed by atoms with Crippen LogP contribution in [0.3, 0.4) is 0 Å². The Bertz CT molecular complexity index is 1090. The number of hydrogen-bond acceptors (Lipinski definition) is 4. The highest BCUT2D eigenvalue weighted by Gasteiger charge is 2.11. The fraction of sp³-hybridized carbons (Fsp3) is 0.250. The lowest BCUT2D eigenvalue weighted by Crippen LogP contribution is -2.22. The Morgan fingerprint density at radius 1 is 1.21 bits per heavy atom. The molecule has 0 N–H and O–H groups in total. The number of benzene rings is 2. The molecule has 0 aliphatic heterocycles. The number of nitrogens with zero attached hydrogens (tertiary/aromatic N) is 3. The lowest BCUT2D eigenvalue weighted by molar-refractivity contribution is 0.335. The van der Waals surface area contributed by atoms with Gasteiger partial charge in [-0.15, -0.1) is 0 Å². The molecule has 3 rings (SSSR count). The molecule has 8 heteroatoms. The zero-order valence-electron chi connectivity index (χ0n) is 15.4. The monoisotopic (exact) mass is 665 g/mol. The van der Waals surface area contributed by atoms with Crippen molar-refractivity contribution in [3.05, 3.63) is 63.7 Å². The minimum absolute atomic E-state index is 0.165. The topological polar surface area (TPSA) is 56.5 Å². The SMILES string of the molecule is CCCc1nc2ccc(Br)cc2c(=O)n1N=Cc1cc(I)c(OCC)c(I)c1. The lowest BCUT2D eigenvalue weighted by Gasteiger charge is -2.10. The lowest BCUT2D eigenvalue weighted by atomic mass is 10.2. The van der Waals surface area contributed by atoms with Gasteiger partial charge in [0.2, 0.25) is 0 Å². The standard InChI is InChI=1S/C20H18BrI2N3O2/c1-3-5-18-25-17-7-6-13(21)10-14(17)20(27)26(18)24-11-12-8-15(22)19(28-4-2)16(23)9-12/h6-11H,3-5H2,1-2H3. The Balaban J connectivity index is 2.09. The van der Waals surface area contributed by atoms with Gasteiger partial charge in [0.15, 0.2) is 0 Å². The van der Waals surface area contributed by atoms with Gasteiger partial charge in [0.25, 0.3) is 5.56 Å². The molecule has 0 atom stereocenters. The number of ether oxygens (including phenoxy) is 1. The van der Waals surface area contributed by atoms with E-state index in [4.69, 9.17) is 4.74 Å². The van der Waals surface area contributed by atoms with Crippen molar-refractivity contribution in [1.82, 2.24) is 9.66 Å². The Morgan fingerprint density at radius 2 is 1.93 bits per heavy atom. The van der Waals surface area contributed by atoms with Gasteiger partial charge < -0.3 is 4.74 Å². The summed E-state index contributed by atoms with van der Waals surface area (Å²) in [5, 5.41) is 5.03. The van der Waals surface area contributed by atoms with Gasteiger partial charge in [-0.25, -0.2) is 4.98 Å². The molecule has 0 radical (unpaired) electrons. The van der Waals surface area contributed by atoms with Crippen LogP contribution in [0.2, 0.25) is 0 Å². The molecule has 0 aliphatic carbocycles. The maximum absolute atomic E-state index is 13.0. The van der Waals surface area contributed by atoms with Crippen molar-refractivity contribution in [3.8, 4) is 5.75 Å². The fourth-order valence-electron chi connectivity index (χ4n) is 2.76. The van der Waals surface area contributed by atoms with Crippen molar-refractivity contribution < 1.29 is 4.74 Å². The van der Waals surface area contributed by atoms with Crippen molar-refractivity contribution in [2.45, 2.75) is 26.7 Å². The Morgan fingerprint density at radius 3 is 2.57 bits per heavy atom. The largest absolute Gasteiger partial charge is 0.492 e. The number of aromatic nitrogens is 2. The van der Waals surface area contributed by atoms with E-state index >= 15 is 0 Å². The first kappa shape index (κ1) is 21.7. The summed E-state index contributed by atoms with van der Waals surface area (Å²) in [5.74, 6) is 1.54. The molecular weight excluding hydrogens is 648 g/mol. The predicted octanol–water partition coefficient (Wildman–Crippen LogP) is 5.60. The number of hydrogen-bond donors (Lipinski definition) is 0. The molecule has 0 bridgehead atoms. The predicted molar refractivity (Wildman–Crippen MR) is 134 cm³/mol. The van der Waals surface area contributed by atoms with Crippen LogP contribution in [0.1, 0.15) is 31.7 Å². The molecule has 0 saturated heterocycles. The third-order valence-electron chi connectivity index (χ3n) is 3.98. The van der Waals surface area contributed by atoms with Crippen LogP contribution in [0, 0.1) is 7.14 Å². The molecule has 146 valence electrons. The van der Waals surface area contributed by atoms with Crippen molar-refractivity contribution in [2.75, 3.05) is 6.61 Å². The normalized spacial score (nSPS) is 11.5. The summed E-state index contributed by atoms with van der Waals surface area (Å²) >= 11 is 7.93. The van der Waals surface area contributed by atoms with Crippen LogP contribution in [-0.2, 0) is 6.42 Å². The van der Waals surface area contributed by atoms with E-state index in [1.807, 2.05) is 31.2 Å². The summed E-state index contributed by atoms with van der Waals surface area (Å²) in [7, 11) is 0. The van der Waals surface area contributed by atoms with Gasteiger partial charge in [-0.1, -0.05) is 22.9 Å². The van der Waals surface area contributed by atoms with E-state index in [0.717, 1.165) is 29.3 Å². The van der Waals surface area contributed by atoms with Crippen LogP contribution in [0.4, 0.5) is 0 Å². The molecule has 3 aromatic rings. The third-order valence-corrected chi connectivity index (χ3v) is 6.08. The highest BCUT2D eigenvalue weighted by atomic mass is 127. The molecule has 0 saturated carbocycles. The molecule has 28 heavy (non-hydrogen) atoms. The number of halogens is 3. The summed E-state index contributed by atoms with van der Waals surface area (Å²) in [4.78, 5) is 17.7. The second kappa shape index (κ2) is 9.66. The van der Waals surface area contributed by atoms with Crippen LogP contribution in [0.25, 0.3) is 10.9 Å². The van der Waals surface area contributed by atoms with E-state index in [1.165, 1.54) is 4.68 Å². The van der Waals surface area contributed by atoms with E-state index < -0.39 is 0 Å². The summed E-state index contributed by atoms with van der Waals surface area (Å²) in [6.45, 7) is 4.64. The molecule has 0 aliphatic rings. The van der Waals surface area contributed by atoms with Gasteiger partial charge in [0, 0.05) is 10.9 Å². The first-order chi connectivity index (χ1) is 13.4. The minimum atomic E-state index is -0.165. The highest BCUT2D eigenvalue weighted by Crippen LogP contribution is 2.28. The average molecular weight is 666 g/mol. The quantitative estimate of drug-likeness (QED) is 0.255. The van der Waals surface area contributed by atoms with Gasteiger partial charge in [-0.3, -0.25) is 4.79 Å². The zero-order chi connectivity index (χ0) is 20.3. The van der Waals surface area contributed by atoms with Crippen LogP contribution < -0.4 is 10.3 Å². The molecule has 1 heterocycles. The Hall–Kier alpha value is -1.01. The van der Waals surface area contributed by atoms with E-state index in [0.29, 0.717) is 29.8 Å². The van der Waals surface area contributed by atoms with Gasteiger partial charge in [-0.2, -0.15) is 9.78 Å². The van der Waals surface area contributed by atoms with Gasteiger partial charge in [0.05, 0.1) is 30.9 Å². The molecule has 0 fully saturated rings. The van der Waals surface area contributed by atoms with Gasteiger partial charge in [-0.05, 0) is 94.4 Å². The van der Waals surface area contributed by atoms with Crippen molar-refractivity contribution in [2.24, 2.45) is 5.10 Å². The molecular formula is C20H18BrI2N3O2. The smallest absolute Gasteiger partial charge is 0.282 e. The van der Waals surface area contributed by atoms with E-state index in [2.05, 4.69) is 78.1 Å². The zero-order valence-corrected chi connectivity index (χ0v) is 21.3. The first-order valence-electron chi connectivity index (χ1n) is 8.82. The summed E-state index contributed by atoms with van der Waals surface area (Å²) < 4.78 is 9.96. The molecule has 5 nitrogen and oxygen atoms in total. The first-order valence-corrected chi connectivity index (χ1v) is 11.8. The maximum Gasteiger partial charge on any atom is 0.282 e. The van der Waals surface area contributed by atoms with Crippen LogP contribution in [0.15, 0.2) is 44.7 Å². The molecule has 0 unspecified atom stereocenters. The second-order valence-corrected chi connectivity index (χ2v) is 9.29. The van der Waals surface area contributed by atoms with Crippen molar-refractivity contribution in [3.63, 3.8) is 0 Å². The van der Waals surface area contributed by atoms with Crippen molar-refractivity contribution >= 4 is 78.2 Å². The number of fused-ring (bicyclic) bond motifs is 1. The summed E-state index contributed by atoms with van der Waals surface area (Å²) in [5.41, 5.74) is 1.43. The number of aryl methyl sites for hydroxylation is 1. The van der Waals surface area contributed by atoms with Crippen LogP contribution in [-0.4, -0.2) is 22.5 Å². The van der Waals surface area contributed by atoms with Crippen LogP contribution >= 0.6 is 61.1 Å². The Kier molecular flexibility index (Phi) is 7.48. The maximum atomic E-state index is 13.0. The van der Waals surface area contributed by atoms with Gasteiger partial charge in [0.1, 0.15) is 11.6 Å². The molecule has 0 amide bonds. The van der Waals surface area contributed by atoms with E-state index in [9.17, 15) is 4.79 Å². The Labute approximate surface area is 199 Å². The minimum Gasteiger partial charge on any atom is -0.492 e. The van der Waals surface area contributed by atoms with Gasteiger partial charge >= 0.3 is 0 Å². The molecule has 2 aromatic carbocycles. The molecule has 0 spiro atoms.